The van der Waals surface area contributed by atoms with Gasteiger partial charge in [0, 0.05) is 0 Å². The van der Waals surface area contributed by atoms with E-state index in [1.54, 1.807) is 0 Å². The summed E-state index contributed by atoms with van der Waals surface area (Å²) in [5.74, 6) is 0.393. The minimum atomic E-state index is -0.124. The topological polar surface area (TPSA) is 32.3 Å². The van der Waals surface area contributed by atoms with Crippen LogP contribution < -0.4 is 5.32 Å². The number of rotatable bonds is 2. The molecule has 0 aliphatic carbocycles. The Morgan fingerprint density at radius 1 is 1.58 bits per heavy atom. The van der Waals surface area contributed by atoms with E-state index in [2.05, 4.69) is 19.2 Å². The number of aliphatic hydroxyl groups is 1. The summed E-state index contributed by atoms with van der Waals surface area (Å²) in [4.78, 5) is 0.281. The van der Waals surface area contributed by atoms with E-state index in [0.29, 0.717) is 11.2 Å². The van der Waals surface area contributed by atoms with Gasteiger partial charge in [-0.15, -0.1) is 11.8 Å². The summed E-state index contributed by atoms with van der Waals surface area (Å²) in [5.41, 5.74) is 0. The molecule has 2 N–H and O–H groups in total. The first-order chi connectivity index (χ1) is 5.66. The van der Waals surface area contributed by atoms with Crippen LogP contribution in [0.2, 0.25) is 0 Å². The van der Waals surface area contributed by atoms with E-state index in [1.165, 1.54) is 12.8 Å². The maximum Gasteiger partial charge on any atom is 0.0796 e. The Balaban J connectivity index is 1.93. The molecule has 0 amide bonds. The van der Waals surface area contributed by atoms with Crippen LogP contribution in [0.15, 0.2) is 0 Å². The number of aliphatic hydroxyl groups excluding tert-OH is 1. The lowest BCUT2D eigenvalue weighted by Gasteiger charge is -2.15. The third kappa shape index (κ3) is 1.28. The third-order valence-electron chi connectivity index (χ3n) is 2.88. The van der Waals surface area contributed by atoms with Crippen molar-refractivity contribution in [2.75, 3.05) is 6.54 Å². The van der Waals surface area contributed by atoms with Gasteiger partial charge in [-0.1, -0.05) is 13.8 Å². The van der Waals surface area contributed by atoms with Crippen molar-refractivity contribution in [1.82, 2.24) is 5.32 Å². The van der Waals surface area contributed by atoms with Gasteiger partial charge in [-0.05, 0) is 25.3 Å². The van der Waals surface area contributed by atoms with Gasteiger partial charge in [0.15, 0.2) is 0 Å². The summed E-state index contributed by atoms with van der Waals surface area (Å²) < 4.78 is 0. The van der Waals surface area contributed by atoms with Crippen LogP contribution in [-0.4, -0.2) is 27.9 Å². The largest absolute Gasteiger partial charge is 0.392 e. The Morgan fingerprint density at radius 3 is 2.83 bits per heavy atom. The highest BCUT2D eigenvalue weighted by molar-refractivity contribution is 8.08. The van der Waals surface area contributed by atoms with Crippen molar-refractivity contribution in [3.05, 3.63) is 0 Å². The predicted octanol–water partition coefficient (Wildman–Crippen LogP) is 1.20. The minimum Gasteiger partial charge on any atom is -0.392 e. The second-order valence-corrected chi connectivity index (χ2v) is 5.66. The Bertz CT molecular complexity index is 177. The van der Waals surface area contributed by atoms with E-state index >= 15 is 0 Å². The van der Waals surface area contributed by atoms with E-state index < -0.39 is 0 Å². The number of nitrogens with one attached hydrogen (secondary N) is 1. The SMILES string of the molecule is CC(C)C(O)C1SC12CCCN2. The monoisotopic (exact) mass is 187 g/mol. The van der Waals surface area contributed by atoms with E-state index in [-0.39, 0.29) is 11.0 Å². The van der Waals surface area contributed by atoms with Gasteiger partial charge in [0.2, 0.25) is 0 Å². The molecule has 3 unspecified atom stereocenters. The van der Waals surface area contributed by atoms with Crippen LogP contribution in [-0.2, 0) is 0 Å². The van der Waals surface area contributed by atoms with Crippen LogP contribution in [0.4, 0.5) is 0 Å². The van der Waals surface area contributed by atoms with Gasteiger partial charge in [0.05, 0.1) is 16.2 Å². The lowest BCUT2D eigenvalue weighted by molar-refractivity contribution is 0.121. The maximum atomic E-state index is 9.83. The molecule has 2 aliphatic heterocycles. The number of hydrogen-bond acceptors (Lipinski definition) is 3. The first-order valence-electron chi connectivity index (χ1n) is 4.77. The second kappa shape index (κ2) is 2.89. The normalized spacial score (nSPS) is 42.5. The quantitative estimate of drug-likeness (QED) is 0.637. The molecule has 2 fully saturated rings. The fraction of sp³-hybridized carbons (Fsp3) is 1.00. The molecule has 0 radical (unpaired) electrons. The molecule has 70 valence electrons. The number of thioether (sulfide) groups is 1. The molecule has 2 rings (SSSR count). The summed E-state index contributed by atoms with van der Waals surface area (Å²) in [5, 5.41) is 13.8. The third-order valence-corrected chi connectivity index (χ3v) is 4.59. The van der Waals surface area contributed by atoms with E-state index in [0.717, 1.165) is 6.54 Å². The van der Waals surface area contributed by atoms with Crippen molar-refractivity contribution in [1.29, 1.82) is 0 Å². The molecule has 12 heavy (non-hydrogen) atoms. The molecule has 2 aliphatic rings. The highest BCUT2D eigenvalue weighted by Gasteiger charge is 2.60. The highest BCUT2D eigenvalue weighted by Crippen LogP contribution is 2.58. The maximum absolute atomic E-state index is 9.83. The predicted molar refractivity (Wildman–Crippen MR) is 52.2 cm³/mol. The highest BCUT2D eigenvalue weighted by atomic mass is 32.2. The van der Waals surface area contributed by atoms with E-state index in [4.69, 9.17) is 0 Å². The van der Waals surface area contributed by atoms with Crippen LogP contribution in [0, 0.1) is 5.92 Å². The van der Waals surface area contributed by atoms with Crippen LogP contribution in [0.25, 0.3) is 0 Å². The van der Waals surface area contributed by atoms with Crippen molar-refractivity contribution in [3.8, 4) is 0 Å². The van der Waals surface area contributed by atoms with E-state index in [9.17, 15) is 5.11 Å². The van der Waals surface area contributed by atoms with Crippen molar-refractivity contribution >= 4 is 11.8 Å². The molecular formula is C9H17NOS. The standard InChI is InChI=1S/C9H17NOS/c1-6(2)7(11)8-9(12-8)4-3-5-10-9/h6-8,10-11H,3-5H2,1-2H3. The first kappa shape index (κ1) is 8.85. The molecule has 2 heterocycles. The first-order valence-corrected chi connectivity index (χ1v) is 5.64. The molecule has 1 spiro atoms. The summed E-state index contributed by atoms with van der Waals surface area (Å²) in [6.07, 6.45) is 2.39. The molecular weight excluding hydrogens is 170 g/mol. The molecule has 2 nitrogen and oxygen atoms in total. The minimum absolute atomic E-state index is 0.124. The molecule has 3 atom stereocenters. The van der Waals surface area contributed by atoms with Crippen molar-refractivity contribution in [2.24, 2.45) is 5.92 Å². The van der Waals surface area contributed by atoms with Gasteiger partial charge in [-0.25, -0.2) is 0 Å². The van der Waals surface area contributed by atoms with Gasteiger partial charge < -0.3 is 10.4 Å². The van der Waals surface area contributed by atoms with Gasteiger partial charge in [0.1, 0.15) is 0 Å². The molecule has 0 bridgehead atoms. The Kier molecular flexibility index (Phi) is 2.13. The molecule has 0 aromatic rings. The fourth-order valence-electron chi connectivity index (χ4n) is 1.97. The molecule has 0 aromatic carbocycles. The average Bonchev–Trinajstić information content (AvgIpc) is 2.48. The van der Waals surface area contributed by atoms with Crippen LogP contribution >= 0.6 is 11.8 Å². The second-order valence-electron chi connectivity index (χ2n) is 4.19. The lowest BCUT2D eigenvalue weighted by Crippen LogP contribution is -2.34. The molecule has 2 saturated heterocycles. The fourth-order valence-corrected chi connectivity index (χ4v) is 3.60. The van der Waals surface area contributed by atoms with Crippen molar-refractivity contribution in [3.63, 3.8) is 0 Å². The Hall–Kier alpha value is 0.270. The molecule has 0 saturated carbocycles. The summed E-state index contributed by atoms with van der Waals surface area (Å²) in [6, 6.07) is 0. The van der Waals surface area contributed by atoms with Crippen molar-refractivity contribution < 1.29 is 5.11 Å². The van der Waals surface area contributed by atoms with Gasteiger partial charge in [-0.3, -0.25) is 0 Å². The van der Waals surface area contributed by atoms with E-state index in [1.807, 2.05) is 11.8 Å². The summed E-state index contributed by atoms with van der Waals surface area (Å²) in [6.45, 7) is 5.31. The van der Waals surface area contributed by atoms with Crippen LogP contribution in [0.5, 0.6) is 0 Å². The van der Waals surface area contributed by atoms with Crippen molar-refractivity contribution in [2.45, 2.75) is 42.9 Å². The van der Waals surface area contributed by atoms with Crippen LogP contribution in [0.1, 0.15) is 26.7 Å². The average molecular weight is 187 g/mol. The summed E-state index contributed by atoms with van der Waals surface area (Å²) >= 11 is 1.92. The summed E-state index contributed by atoms with van der Waals surface area (Å²) in [7, 11) is 0. The zero-order chi connectivity index (χ0) is 8.77. The zero-order valence-electron chi connectivity index (χ0n) is 7.71. The van der Waals surface area contributed by atoms with Gasteiger partial charge >= 0.3 is 0 Å². The lowest BCUT2D eigenvalue weighted by atomic mass is 9.99. The number of hydrogen-bond donors (Lipinski definition) is 2. The van der Waals surface area contributed by atoms with Crippen LogP contribution in [0.3, 0.4) is 0 Å². The van der Waals surface area contributed by atoms with Gasteiger partial charge in [-0.2, -0.15) is 0 Å². The smallest absolute Gasteiger partial charge is 0.0796 e. The Labute approximate surface area is 78.1 Å². The molecule has 0 aromatic heterocycles. The zero-order valence-corrected chi connectivity index (χ0v) is 8.53. The Morgan fingerprint density at radius 2 is 2.33 bits per heavy atom. The molecule has 3 heteroatoms. The van der Waals surface area contributed by atoms with Gasteiger partial charge in [0.25, 0.3) is 0 Å².